The Morgan fingerprint density at radius 1 is 1.19 bits per heavy atom. The van der Waals surface area contributed by atoms with E-state index in [1.165, 1.54) is 11.3 Å². The van der Waals surface area contributed by atoms with Gasteiger partial charge in [-0.3, -0.25) is 14.4 Å². The summed E-state index contributed by atoms with van der Waals surface area (Å²) < 4.78 is 0. The summed E-state index contributed by atoms with van der Waals surface area (Å²) >= 11 is 1.40. The number of aliphatic hydroxyl groups is 1. The van der Waals surface area contributed by atoms with Crippen molar-refractivity contribution < 1.29 is 19.5 Å². The molecule has 3 amide bonds. The lowest BCUT2D eigenvalue weighted by molar-refractivity contribution is -0.136. The van der Waals surface area contributed by atoms with Gasteiger partial charge in [-0.05, 0) is 48.4 Å². The number of nitrogens with one attached hydrogen (secondary N) is 2. The third-order valence-corrected chi connectivity index (χ3v) is 5.12. The second kappa shape index (κ2) is 8.79. The van der Waals surface area contributed by atoms with Crippen LogP contribution in [-0.4, -0.2) is 42.5 Å². The molecule has 0 fully saturated rings. The summed E-state index contributed by atoms with van der Waals surface area (Å²) in [6.07, 6.45) is 2.13. The van der Waals surface area contributed by atoms with Crippen molar-refractivity contribution in [1.29, 1.82) is 0 Å². The molecule has 0 radical (unpaired) electrons. The van der Waals surface area contributed by atoms with Crippen molar-refractivity contribution in [3.05, 3.63) is 46.2 Å². The monoisotopic (exact) mass is 387 g/mol. The second-order valence-corrected chi connectivity index (χ2v) is 7.12. The maximum absolute atomic E-state index is 12.8. The third-order valence-electron chi connectivity index (χ3n) is 4.27. The molecule has 27 heavy (non-hydrogen) atoms. The molecule has 0 spiro atoms. The zero-order valence-corrected chi connectivity index (χ0v) is 15.6. The average molecular weight is 387 g/mol. The van der Waals surface area contributed by atoms with Crippen molar-refractivity contribution >= 4 is 40.4 Å². The van der Waals surface area contributed by atoms with Crippen LogP contribution in [-0.2, 0) is 16.0 Å². The SMILES string of the molecule is O=C(NCCCO)C(=O)Nc1ccc2c(c1)N(C(=O)c1cccs1)CCC2. The maximum atomic E-state index is 12.8. The van der Waals surface area contributed by atoms with Gasteiger partial charge in [-0.1, -0.05) is 12.1 Å². The van der Waals surface area contributed by atoms with Crippen molar-refractivity contribution in [3.63, 3.8) is 0 Å². The first-order valence-electron chi connectivity index (χ1n) is 8.78. The van der Waals surface area contributed by atoms with Crippen molar-refractivity contribution in [2.24, 2.45) is 0 Å². The molecule has 3 rings (SSSR count). The largest absolute Gasteiger partial charge is 0.396 e. The van der Waals surface area contributed by atoms with Gasteiger partial charge in [-0.25, -0.2) is 0 Å². The lowest BCUT2D eigenvalue weighted by atomic mass is 10.0. The number of rotatable bonds is 5. The number of benzene rings is 1. The van der Waals surface area contributed by atoms with Crippen LogP contribution in [0.25, 0.3) is 0 Å². The summed E-state index contributed by atoms with van der Waals surface area (Å²) in [5.41, 5.74) is 2.26. The van der Waals surface area contributed by atoms with Gasteiger partial charge in [-0.2, -0.15) is 0 Å². The van der Waals surface area contributed by atoms with E-state index in [9.17, 15) is 14.4 Å². The molecule has 1 aliphatic rings. The predicted octanol–water partition coefficient (Wildman–Crippen LogP) is 1.78. The molecule has 0 bridgehead atoms. The Morgan fingerprint density at radius 3 is 2.78 bits per heavy atom. The normalized spacial score (nSPS) is 13.0. The van der Waals surface area contributed by atoms with Crippen molar-refractivity contribution in [2.45, 2.75) is 19.3 Å². The molecule has 2 heterocycles. The molecule has 1 aromatic heterocycles. The summed E-state index contributed by atoms with van der Waals surface area (Å²) in [6, 6.07) is 8.98. The van der Waals surface area contributed by atoms with Gasteiger partial charge in [0.1, 0.15) is 0 Å². The minimum Gasteiger partial charge on any atom is -0.396 e. The quantitative estimate of drug-likeness (QED) is 0.538. The highest BCUT2D eigenvalue weighted by Gasteiger charge is 2.25. The fourth-order valence-corrected chi connectivity index (χ4v) is 3.62. The van der Waals surface area contributed by atoms with Crippen LogP contribution < -0.4 is 15.5 Å². The van der Waals surface area contributed by atoms with Crippen LogP contribution in [0.3, 0.4) is 0 Å². The number of fused-ring (bicyclic) bond motifs is 1. The summed E-state index contributed by atoms with van der Waals surface area (Å²) in [5.74, 6) is -1.59. The number of nitrogens with zero attached hydrogens (tertiary/aromatic N) is 1. The number of amides is 3. The second-order valence-electron chi connectivity index (χ2n) is 6.17. The third kappa shape index (κ3) is 4.53. The van der Waals surface area contributed by atoms with Crippen LogP contribution in [0.2, 0.25) is 0 Å². The highest BCUT2D eigenvalue weighted by atomic mass is 32.1. The Balaban J connectivity index is 1.74. The first-order chi connectivity index (χ1) is 13.1. The number of anilines is 2. The number of carbonyl (C=O) groups excluding carboxylic acids is 3. The summed E-state index contributed by atoms with van der Waals surface area (Å²) in [6.45, 7) is 0.791. The number of hydrogen-bond donors (Lipinski definition) is 3. The van der Waals surface area contributed by atoms with Crippen LogP contribution in [0.1, 0.15) is 28.1 Å². The molecule has 2 aromatic rings. The smallest absolute Gasteiger partial charge is 0.313 e. The van der Waals surface area contributed by atoms with Gasteiger partial charge >= 0.3 is 11.8 Å². The molecule has 7 nitrogen and oxygen atoms in total. The molecular formula is C19H21N3O4S. The molecule has 1 aromatic carbocycles. The van der Waals surface area contributed by atoms with Gasteiger partial charge in [-0.15, -0.1) is 11.3 Å². The van der Waals surface area contributed by atoms with Gasteiger partial charge in [0, 0.05) is 31.1 Å². The molecule has 0 aliphatic carbocycles. The van der Waals surface area contributed by atoms with Crippen LogP contribution in [0.15, 0.2) is 35.7 Å². The highest BCUT2D eigenvalue weighted by molar-refractivity contribution is 7.12. The lowest BCUT2D eigenvalue weighted by Crippen LogP contribution is -2.37. The zero-order chi connectivity index (χ0) is 19.2. The van der Waals surface area contributed by atoms with Crippen molar-refractivity contribution in [1.82, 2.24) is 5.32 Å². The van der Waals surface area contributed by atoms with Gasteiger partial charge in [0.15, 0.2) is 0 Å². The Kier molecular flexibility index (Phi) is 6.20. The molecule has 1 aliphatic heterocycles. The van der Waals surface area contributed by atoms with E-state index in [4.69, 9.17) is 5.11 Å². The van der Waals surface area contributed by atoms with E-state index < -0.39 is 11.8 Å². The van der Waals surface area contributed by atoms with Crippen LogP contribution in [0, 0.1) is 0 Å². The highest BCUT2D eigenvalue weighted by Crippen LogP contribution is 2.31. The molecule has 0 saturated carbocycles. The first kappa shape index (κ1) is 19.1. The number of carbonyl (C=O) groups is 3. The van der Waals surface area contributed by atoms with E-state index >= 15 is 0 Å². The number of aliphatic hydroxyl groups excluding tert-OH is 1. The predicted molar refractivity (Wildman–Crippen MR) is 104 cm³/mol. The topological polar surface area (TPSA) is 98.7 Å². The average Bonchev–Trinajstić information content (AvgIpc) is 3.22. The standard InChI is InChI=1S/C19H21N3O4S/c23-10-3-8-20-17(24)18(25)21-14-7-6-13-4-1-9-22(15(13)12-14)19(26)16-5-2-11-27-16/h2,5-7,11-12,23H,1,3-4,8-10H2,(H,20,24)(H,21,25). The molecule has 0 atom stereocenters. The minimum absolute atomic E-state index is 0.0547. The molecule has 0 saturated heterocycles. The Morgan fingerprint density at radius 2 is 2.04 bits per heavy atom. The van der Waals surface area contributed by atoms with E-state index in [1.807, 2.05) is 17.5 Å². The van der Waals surface area contributed by atoms with Gasteiger partial charge in [0.25, 0.3) is 5.91 Å². The number of hydrogen-bond acceptors (Lipinski definition) is 5. The number of aryl methyl sites for hydroxylation is 1. The molecule has 8 heteroatoms. The maximum Gasteiger partial charge on any atom is 0.313 e. The van der Waals surface area contributed by atoms with Crippen molar-refractivity contribution in [3.8, 4) is 0 Å². The summed E-state index contributed by atoms with van der Waals surface area (Å²) in [7, 11) is 0. The van der Waals surface area contributed by atoms with E-state index in [1.54, 1.807) is 23.1 Å². The lowest BCUT2D eigenvalue weighted by Gasteiger charge is -2.29. The Hall–Kier alpha value is -2.71. The first-order valence-corrected chi connectivity index (χ1v) is 9.66. The molecule has 142 valence electrons. The van der Waals surface area contributed by atoms with Crippen LogP contribution in [0.4, 0.5) is 11.4 Å². The minimum atomic E-state index is -0.778. The fourth-order valence-electron chi connectivity index (χ4n) is 2.95. The van der Waals surface area contributed by atoms with E-state index in [-0.39, 0.29) is 19.1 Å². The Bertz CT molecular complexity index is 835. The van der Waals surface area contributed by atoms with Gasteiger partial charge < -0.3 is 20.6 Å². The van der Waals surface area contributed by atoms with Crippen LogP contribution in [0.5, 0.6) is 0 Å². The van der Waals surface area contributed by atoms with Gasteiger partial charge in [0.05, 0.1) is 4.88 Å². The summed E-state index contributed by atoms with van der Waals surface area (Å²) in [4.78, 5) is 39.0. The zero-order valence-electron chi connectivity index (χ0n) is 14.7. The van der Waals surface area contributed by atoms with Crippen LogP contribution >= 0.6 is 11.3 Å². The van der Waals surface area contributed by atoms with Crippen molar-refractivity contribution in [2.75, 3.05) is 29.9 Å². The fraction of sp³-hybridized carbons (Fsp3) is 0.316. The van der Waals surface area contributed by atoms with E-state index in [0.717, 1.165) is 24.1 Å². The molecule has 0 unspecified atom stereocenters. The molecule has 3 N–H and O–H groups in total. The van der Waals surface area contributed by atoms with Gasteiger partial charge in [0.2, 0.25) is 0 Å². The van der Waals surface area contributed by atoms with E-state index in [2.05, 4.69) is 10.6 Å². The summed E-state index contributed by atoms with van der Waals surface area (Å²) in [5, 5.41) is 15.6. The van der Waals surface area contributed by atoms with E-state index in [0.29, 0.717) is 23.5 Å². The number of thiophene rings is 1. The Labute approximate surface area is 161 Å². The molecular weight excluding hydrogens is 366 g/mol.